The Bertz CT molecular complexity index is 729. The van der Waals surface area contributed by atoms with E-state index < -0.39 is 20.0 Å². The van der Waals surface area contributed by atoms with E-state index in [-0.39, 0.29) is 25.7 Å². The third kappa shape index (κ3) is 25.7. The molecule has 3 atom stereocenters. The fourth-order valence-corrected chi connectivity index (χ4v) is 4.87. The molecule has 0 aliphatic heterocycles. The van der Waals surface area contributed by atoms with Gasteiger partial charge in [-0.2, -0.15) is 0 Å². The smallest absolute Gasteiger partial charge is 0.387 e. The van der Waals surface area contributed by atoms with Gasteiger partial charge in [-0.05, 0) is 38.5 Å². The molecule has 0 aliphatic carbocycles. The van der Waals surface area contributed by atoms with E-state index in [4.69, 9.17) is 14.8 Å². The summed E-state index contributed by atoms with van der Waals surface area (Å²) < 4.78 is 21.8. The summed E-state index contributed by atoms with van der Waals surface area (Å²) >= 11 is 0. The molecule has 0 heterocycles. The molecule has 0 saturated heterocycles. The second-order valence-electron chi connectivity index (χ2n) is 10.3. The Morgan fingerprint density at radius 3 is 1.90 bits per heavy atom. The highest BCUT2D eigenvalue weighted by molar-refractivity contribution is 7.47. The number of aliphatic hydroxyl groups excluding tert-OH is 1. The van der Waals surface area contributed by atoms with Gasteiger partial charge in [-0.25, -0.2) is 4.57 Å². The highest BCUT2D eigenvalue weighted by Crippen LogP contribution is 2.43. The second kappa shape index (κ2) is 27.9. The van der Waals surface area contributed by atoms with Crippen molar-refractivity contribution in [3.63, 3.8) is 0 Å². The number of rotatable bonds is 28. The number of phosphoric acid groups is 1. The third-order valence-electron chi connectivity index (χ3n) is 6.46. The highest BCUT2D eigenvalue weighted by Gasteiger charge is 2.26. The number of hydrogen-bond donors (Lipinski definition) is 4. The topological polar surface area (TPSA) is 131 Å². The van der Waals surface area contributed by atoms with Gasteiger partial charge in [-0.3, -0.25) is 13.8 Å². The molecule has 0 spiro atoms. The lowest BCUT2D eigenvalue weighted by atomic mass is 10.0. The van der Waals surface area contributed by atoms with Gasteiger partial charge < -0.3 is 21.1 Å². The fourth-order valence-electron chi connectivity index (χ4n) is 4.11. The summed E-state index contributed by atoms with van der Waals surface area (Å²) in [7, 11) is -4.33. The Morgan fingerprint density at radius 1 is 0.825 bits per heavy atom. The zero-order valence-electron chi connectivity index (χ0n) is 25.3. The molecule has 8 nitrogen and oxygen atoms in total. The van der Waals surface area contributed by atoms with Crippen LogP contribution in [0.3, 0.4) is 0 Å². The predicted octanol–water partition coefficient (Wildman–Crippen LogP) is 7.26. The molecule has 234 valence electrons. The average Bonchev–Trinajstić information content (AvgIpc) is 2.93. The lowest BCUT2D eigenvalue weighted by Crippen LogP contribution is -2.45. The van der Waals surface area contributed by atoms with Crippen LogP contribution in [0.4, 0.5) is 0 Å². The number of nitrogens with two attached hydrogens (primary N) is 1. The Labute approximate surface area is 244 Å². The lowest BCUT2D eigenvalue weighted by molar-refractivity contribution is -0.123. The van der Waals surface area contributed by atoms with Crippen LogP contribution in [0.25, 0.3) is 0 Å². The largest absolute Gasteiger partial charge is 0.472 e. The molecule has 5 N–H and O–H groups in total. The first kappa shape index (κ1) is 38.7. The van der Waals surface area contributed by atoms with Crippen molar-refractivity contribution in [1.82, 2.24) is 5.32 Å². The first-order chi connectivity index (χ1) is 19.4. The van der Waals surface area contributed by atoms with E-state index in [1.54, 1.807) is 6.08 Å². The molecule has 0 aromatic heterocycles. The molecule has 0 rings (SSSR count). The van der Waals surface area contributed by atoms with Crippen molar-refractivity contribution in [3.05, 3.63) is 36.5 Å². The minimum absolute atomic E-state index is 0.0717. The molecule has 40 heavy (non-hydrogen) atoms. The van der Waals surface area contributed by atoms with Crippen LogP contribution in [-0.4, -0.2) is 47.8 Å². The zero-order chi connectivity index (χ0) is 29.7. The first-order valence-corrected chi connectivity index (χ1v) is 17.1. The Balaban J connectivity index is 4.51. The molecule has 0 fully saturated rings. The van der Waals surface area contributed by atoms with Crippen LogP contribution in [0, 0.1) is 0 Å². The summed E-state index contributed by atoms with van der Waals surface area (Å²) in [6.07, 6.45) is 29.1. The van der Waals surface area contributed by atoms with E-state index in [1.807, 2.05) is 6.08 Å². The molecule has 1 amide bonds. The second-order valence-corrected chi connectivity index (χ2v) is 11.7. The number of unbranched alkanes of at least 4 members (excludes halogenated alkanes) is 12. The molecule has 3 unspecified atom stereocenters. The monoisotopic (exact) mass is 586 g/mol. The lowest BCUT2D eigenvalue weighted by Gasteiger charge is -2.23. The maximum Gasteiger partial charge on any atom is 0.472 e. The zero-order valence-corrected chi connectivity index (χ0v) is 26.2. The predicted molar refractivity (Wildman–Crippen MR) is 166 cm³/mol. The maximum atomic E-state index is 12.6. The van der Waals surface area contributed by atoms with Crippen molar-refractivity contribution >= 4 is 13.7 Å². The van der Waals surface area contributed by atoms with Gasteiger partial charge in [0.2, 0.25) is 5.91 Å². The Morgan fingerprint density at radius 2 is 1.35 bits per heavy atom. The summed E-state index contributed by atoms with van der Waals surface area (Å²) in [5.41, 5.74) is 5.32. The van der Waals surface area contributed by atoms with Crippen LogP contribution in [0.2, 0.25) is 0 Å². The van der Waals surface area contributed by atoms with E-state index in [0.717, 1.165) is 51.4 Å². The van der Waals surface area contributed by atoms with Gasteiger partial charge in [-0.1, -0.05) is 115 Å². The summed E-state index contributed by atoms with van der Waals surface area (Å²) in [6, 6.07) is -0.876. The molecule has 0 aromatic carbocycles. The minimum Gasteiger partial charge on any atom is -0.387 e. The normalized spacial score (nSPS) is 15.2. The van der Waals surface area contributed by atoms with Crippen molar-refractivity contribution in [2.24, 2.45) is 5.73 Å². The highest BCUT2D eigenvalue weighted by atomic mass is 31.2. The number of carbonyl (C=O) groups excluding carboxylic acids is 1. The van der Waals surface area contributed by atoms with Crippen LogP contribution in [0.5, 0.6) is 0 Å². The van der Waals surface area contributed by atoms with Gasteiger partial charge in [0.1, 0.15) is 0 Å². The number of hydrogen-bond acceptors (Lipinski definition) is 6. The standard InChI is InChI=1S/C31H59N2O6P/c1-3-5-7-9-11-13-15-17-19-21-23-25-31(35)33-29(28-39-40(36,37)38-27-26-32)30(34)24-22-20-18-16-14-12-10-8-6-4-2/h6,8,14,16,22,24,29-30,34H,3-5,7,9-13,15,17-21,23,25-28,32H2,1-2H3,(H,33,35)(H,36,37)/b8-6+,16-14+,24-22+. The van der Waals surface area contributed by atoms with E-state index in [9.17, 15) is 19.4 Å². The van der Waals surface area contributed by atoms with Crippen LogP contribution >= 0.6 is 7.82 Å². The van der Waals surface area contributed by atoms with Crippen LogP contribution in [0.1, 0.15) is 123 Å². The van der Waals surface area contributed by atoms with E-state index >= 15 is 0 Å². The van der Waals surface area contributed by atoms with Crippen LogP contribution in [0.15, 0.2) is 36.5 Å². The van der Waals surface area contributed by atoms with Crippen LogP contribution in [-0.2, 0) is 18.4 Å². The van der Waals surface area contributed by atoms with Crippen LogP contribution < -0.4 is 11.1 Å². The SMILES string of the molecule is CC/C=C/CC/C=C/CC/C=C/C(O)C(COP(=O)(O)OCCN)NC(=O)CCCCCCCCCCCCC. The fraction of sp³-hybridized carbons (Fsp3) is 0.774. The molecule has 0 bridgehead atoms. The molecular formula is C31H59N2O6P. The van der Waals surface area contributed by atoms with E-state index in [2.05, 4.69) is 43.5 Å². The summed E-state index contributed by atoms with van der Waals surface area (Å²) in [4.78, 5) is 22.4. The van der Waals surface area contributed by atoms with Gasteiger partial charge in [0.05, 0.1) is 25.4 Å². The molecule has 0 aromatic rings. The average molecular weight is 587 g/mol. The van der Waals surface area contributed by atoms with E-state index in [0.29, 0.717) is 6.42 Å². The Kier molecular flexibility index (Phi) is 27.0. The van der Waals surface area contributed by atoms with Crippen molar-refractivity contribution < 1.29 is 28.4 Å². The third-order valence-corrected chi connectivity index (χ3v) is 7.44. The summed E-state index contributed by atoms with van der Waals surface area (Å²) in [5.74, 6) is -0.215. The van der Waals surface area contributed by atoms with Gasteiger partial charge in [-0.15, -0.1) is 0 Å². The van der Waals surface area contributed by atoms with Gasteiger partial charge in [0.15, 0.2) is 0 Å². The van der Waals surface area contributed by atoms with Crippen molar-refractivity contribution in [2.75, 3.05) is 19.8 Å². The number of amides is 1. The number of aliphatic hydroxyl groups is 1. The number of allylic oxidation sites excluding steroid dienone is 5. The molecule has 0 radical (unpaired) electrons. The quantitative estimate of drug-likeness (QED) is 0.0431. The number of phosphoric ester groups is 1. The number of carbonyl (C=O) groups is 1. The van der Waals surface area contributed by atoms with Crippen molar-refractivity contribution in [3.8, 4) is 0 Å². The molecule has 9 heteroatoms. The van der Waals surface area contributed by atoms with Gasteiger partial charge >= 0.3 is 7.82 Å². The van der Waals surface area contributed by atoms with E-state index in [1.165, 1.54) is 51.4 Å². The Hall–Kier alpha value is -1.28. The minimum atomic E-state index is -4.33. The number of nitrogens with one attached hydrogen (secondary N) is 1. The van der Waals surface area contributed by atoms with Crippen molar-refractivity contribution in [1.29, 1.82) is 0 Å². The molecular weight excluding hydrogens is 527 g/mol. The summed E-state index contributed by atoms with van der Waals surface area (Å²) in [5, 5.41) is 13.4. The van der Waals surface area contributed by atoms with Gasteiger partial charge in [0, 0.05) is 13.0 Å². The summed E-state index contributed by atoms with van der Waals surface area (Å²) in [6.45, 7) is 3.93. The first-order valence-electron chi connectivity index (χ1n) is 15.6. The maximum absolute atomic E-state index is 12.6. The molecule has 0 saturated carbocycles. The van der Waals surface area contributed by atoms with Crippen molar-refractivity contribution in [2.45, 2.75) is 135 Å². The van der Waals surface area contributed by atoms with Gasteiger partial charge in [0.25, 0.3) is 0 Å². The molecule has 0 aliphatic rings.